The summed E-state index contributed by atoms with van der Waals surface area (Å²) in [7, 11) is 1.69. The van der Waals surface area contributed by atoms with Crippen molar-refractivity contribution in [2.75, 3.05) is 7.11 Å². The van der Waals surface area contributed by atoms with Crippen molar-refractivity contribution in [3.05, 3.63) is 98.4 Å². The van der Waals surface area contributed by atoms with E-state index in [1.807, 2.05) is 24.3 Å². The van der Waals surface area contributed by atoms with Gasteiger partial charge < -0.3 is 4.74 Å². The molecule has 1 unspecified atom stereocenters. The minimum Gasteiger partial charge on any atom is -0.497 e. The van der Waals surface area contributed by atoms with Gasteiger partial charge in [0, 0.05) is 11.1 Å². The highest BCUT2D eigenvalue weighted by Crippen LogP contribution is 2.38. The molecule has 0 aromatic heterocycles. The Morgan fingerprint density at radius 1 is 0.900 bits per heavy atom. The smallest absolute Gasteiger partial charge is 0.136 e. The van der Waals surface area contributed by atoms with Crippen molar-refractivity contribution < 1.29 is 4.74 Å². The third-order valence-electron chi connectivity index (χ3n) is 5.99. The second-order valence-corrected chi connectivity index (χ2v) is 7.72. The summed E-state index contributed by atoms with van der Waals surface area (Å²) in [6.45, 7) is 6.41. The maximum atomic E-state index is 9.33. The lowest BCUT2D eigenvalue weighted by atomic mass is 9.76. The first-order valence-corrected chi connectivity index (χ1v) is 9.93. The summed E-state index contributed by atoms with van der Waals surface area (Å²) in [5, 5.41) is 20.5. The average molecular weight is 390 g/mol. The molecule has 3 aromatic rings. The molecule has 30 heavy (non-hydrogen) atoms. The molecule has 1 aliphatic rings. The van der Waals surface area contributed by atoms with Crippen LogP contribution in [0.5, 0.6) is 5.75 Å². The minimum absolute atomic E-state index is 0.141. The van der Waals surface area contributed by atoms with Crippen molar-refractivity contribution in [2.45, 2.75) is 26.7 Å². The summed E-state index contributed by atoms with van der Waals surface area (Å²) >= 11 is 0. The Kier molecular flexibility index (Phi) is 4.90. The van der Waals surface area contributed by atoms with Crippen LogP contribution >= 0.6 is 0 Å². The Morgan fingerprint density at radius 3 is 2.20 bits per heavy atom. The van der Waals surface area contributed by atoms with Crippen molar-refractivity contribution >= 4 is 11.1 Å². The first kappa shape index (κ1) is 19.5. The van der Waals surface area contributed by atoms with E-state index in [4.69, 9.17) is 4.74 Å². The van der Waals surface area contributed by atoms with Gasteiger partial charge in [0.05, 0.1) is 7.11 Å². The van der Waals surface area contributed by atoms with Crippen LogP contribution in [0.25, 0.3) is 11.1 Å². The maximum Gasteiger partial charge on any atom is 0.136 e. The second-order valence-electron chi connectivity index (χ2n) is 7.72. The molecule has 0 saturated carbocycles. The summed E-state index contributed by atoms with van der Waals surface area (Å²) < 4.78 is 5.47. The van der Waals surface area contributed by atoms with Gasteiger partial charge in [-0.1, -0.05) is 43.3 Å². The Morgan fingerprint density at radius 2 is 1.57 bits per heavy atom. The van der Waals surface area contributed by atoms with Crippen LogP contribution in [0.2, 0.25) is 0 Å². The van der Waals surface area contributed by atoms with E-state index in [0.29, 0.717) is 5.22 Å². The Hall–Kier alpha value is -3.82. The molecule has 146 valence electrons. The standard InChI is InChI=1S/C27H22N2O/c1-16-11-21(30-4)12-17(2)26(16)27-23-8-6-5-7-22(23)18(3)25-13-19(9-10-24(25)27)20(14-28)15-29/h5-13,18H,1-4H3. The zero-order chi connectivity index (χ0) is 21.4. The van der Waals surface area contributed by atoms with Gasteiger partial charge in [-0.05, 0) is 76.2 Å². The topological polar surface area (TPSA) is 56.8 Å². The normalized spacial score (nSPS) is 14.2. The maximum absolute atomic E-state index is 9.33. The van der Waals surface area contributed by atoms with E-state index in [2.05, 4.69) is 63.2 Å². The molecule has 0 saturated heterocycles. The van der Waals surface area contributed by atoms with Crippen LogP contribution < -0.4 is 15.2 Å². The van der Waals surface area contributed by atoms with Crippen LogP contribution in [0.4, 0.5) is 0 Å². The van der Waals surface area contributed by atoms with E-state index < -0.39 is 0 Å². The summed E-state index contributed by atoms with van der Waals surface area (Å²) in [5.41, 5.74) is 8.46. The third-order valence-corrected chi connectivity index (χ3v) is 5.99. The van der Waals surface area contributed by atoms with E-state index in [1.54, 1.807) is 7.11 Å². The van der Waals surface area contributed by atoms with Gasteiger partial charge in [-0.2, -0.15) is 10.5 Å². The fourth-order valence-corrected chi connectivity index (χ4v) is 4.58. The van der Waals surface area contributed by atoms with Gasteiger partial charge in [-0.3, -0.25) is 0 Å². The van der Waals surface area contributed by atoms with E-state index in [0.717, 1.165) is 27.7 Å². The Bertz CT molecular complexity index is 1340. The van der Waals surface area contributed by atoms with Crippen molar-refractivity contribution in [1.82, 2.24) is 0 Å². The summed E-state index contributed by atoms with van der Waals surface area (Å²) in [6, 6.07) is 22.6. The van der Waals surface area contributed by atoms with Crippen LogP contribution in [-0.4, -0.2) is 7.11 Å². The van der Waals surface area contributed by atoms with Crippen LogP contribution in [0.1, 0.15) is 46.2 Å². The lowest BCUT2D eigenvalue weighted by Crippen LogP contribution is -2.27. The second kappa shape index (κ2) is 7.54. The number of fused-ring (bicyclic) bond motifs is 2. The van der Waals surface area contributed by atoms with Crippen molar-refractivity contribution in [1.29, 1.82) is 10.5 Å². The van der Waals surface area contributed by atoms with Gasteiger partial charge in [0.1, 0.15) is 23.5 Å². The van der Waals surface area contributed by atoms with Crippen LogP contribution in [0.15, 0.2) is 54.6 Å². The first-order valence-electron chi connectivity index (χ1n) is 9.93. The minimum atomic E-state index is 0.141. The molecule has 0 amide bonds. The molecule has 0 fully saturated rings. The molecule has 0 N–H and O–H groups in total. The van der Waals surface area contributed by atoms with Crippen molar-refractivity contribution in [2.24, 2.45) is 0 Å². The van der Waals surface area contributed by atoms with Gasteiger partial charge in [0.15, 0.2) is 0 Å². The molecule has 0 aliphatic heterocycles. The fourth-order valence-electron chi connectivity index (χ4n) is 4.58. The number of nitriles is 2. The lowest BCUT2D eigenvalue weighted by Gasteiger charge is -2.27. The number of methoxy groups -OCH3 is 1. The first-order chi connectivity index (χ1) is 14.5. The lowest BCUT2D eigenvalue weighted by molar-refractivity contribution is 0.414. The molecular formula is C27H22N2O. The van der Waals surface area contributed by atoms with Crippen LogP contribution in [0, 0.1) is 36.5 Å². The number of nitrogens with zero attached hydrogens (tertiary/aromatic N) is 2. The molecule has 3 heteroatoms. The summed E-state index contributed by atoms with van der Waals surface area (Å²) in [6.07, 6.45) is 0. The third kappa shape index (κ3) is 2.97. The van der Waals surface area contributed by atoms with Crippen molar-refractivity contribution in [3.63, 3.8) is 0 Å². The van der Waals surface area contributed by atoms with Gasteiger partial charge >= 0.3 is 0 Å². The van der Waals surface area contributed by atoms with E-state index in [1.165, 1.54) is 22.3 Å². The molecular weight excluding hydrogens is 368 g/mol. The summed E-state index contributed by atoms with van der Waals surface area (Å²) in [5.74, 6) is 1.02. The molecule has 4 rings (SSSR count). The number of benzene rings is 3. The molecule has 1 atom stereocenters. The number of hydrogen-bond donors (Lipinski definition) is 0. The van der Waals surface area contributed by atoms with Gasteiger partial charge in [-0.15, -0.1) is 0 Å². The van der Waals surface area contributed by atoms with Crippen molar-refractivity contribution in [3.8, 4) is 17.9 Å². The van der Waals surface area contributed by atoms with E-state index in [9.17, 15) is 10.5 Å². The molecule has 3 nitrogen and oxygen atoms in total. The number of rotatable bonds is 2. The molecule has 1 aliphatic carbocycles. The van der Waals surface area contributed by atoms with Gasteiger partial charge in [0.2, 0.25) is 0 Å². The highest BCUT2D eigenvalue weighted by atomic mass is 16.5. The SMILES string of the molecule is COc1cc(C)c(C2=c3ccc(=C(C#N)C#N)cc3C(C)c3ccccc32)c(C)c1. The highest BCUT2D eigenvalue weighted by molar-refractivity contribution is 5.87. The predicted octanol–water partition coefficient (Wildman–Crippen LogP) is 4.22. The molecule has 0 bridgehead atoms. The van der Waals surface area contributed by atoms with E-state index in [-0.39, 0.29) is 11.5 Å². The molecule has 3 aromatic carbocycles. The zero-order valence-electron chi connectivity index (χ0n) is 17.6. The molecule has 0 spiro atoms. The highest BCUT2D eigenvalue weighted by Gasteiger charge is 2.25. The van der Waals surface area contributed by atoms with Gasteiger partial charge in [-0.25, -0.2) is 0 Å². The Labute approximate surface area is 176 Å². The predicted molar refractivity (Wildman–Crippen MR) is 118 cm³/mol. The quantitative estimate of drug-likeness (QED) is 0.658. The van der Waals surface area contributed by atoms with Crippen LogP contribution in [-0.2, 0) is 0 Å². The number of aryl methyl sites for hydroxylation is 2. The monoisotopic (exact) mass is 390 g/mol. The molecule has 0 radical (unpaired) electrons. The van der Waals surface area contributed by atoms with Crippen LogP contribution in [0.3, 0.4) is 0 Å². The largest absolute Gasteiger partial charge is 0.497 e. The number of ether oxygens (including phenoxy) is 1. The summed E-state index contributed by atoms with van der Waals surface area (Å²) in [4.78, 5) is 0. The van der Waals surface area contributed by atoms with Gasteiger partial charge in [0.25, 0.3) is 0 Å². The fraction of sp³-hybridized carbons (Fsp3) is 0.185. The zero-order valence-corrected chi connectivity index (χ0v) is 17.6. The Balaban J connectivity index is 2.19. The molecule has 0 heterocycles. The average Bonchev–Trinajstić information content (AvgIpc) is 2.76. The number of hydrogen-bond acceptors (Lipinski definition) is 3. The van der Waals surface area contributed by atoms with E-state index >= 15 is 0 Å².